The fourth-order valence-electron chi connectivity index (χ4n) is 3.25. The normalized spacial score (nSPS) is 10.8. The molecule has 0 spiro atoms. The van der Waals surface area contributed by atoms with Crippen molar-refractivity contribution in [3.8, 4) is 10.6 Å². The van der Waals surface area contributed by atoms with E-state index in [1.54, 1.807) is 54.7 Å². The number of ether oxygens (including phenoxy) is 1. The van der Waals surface area contributed by atoms with Gasteiger partial charge in [0, 0.05) is 16.1 Å². The van der Waals surface area contributed by atoms with E-state index in [2.05, 4.69) is 5.32 Å². The van der Waals surface area contributed by atoms with Gasteiger partial charge >= 0.3 is 5.97 Å². The number of amides is 1. The summed E-state index contributed by atoms with van der Waals surface area (Å²) in [5.41, 5.74) is 3.75. The van der Waals surface area contributed by atoms with Crippen LogP contribution in [0.25, 0.3) is 21.5 Å². The van der Waals surface area contributed by atoms with Gasteiger partial charge in [-0.05, 0) is 67.3 Å². The van der Waals surface area contributed by atoms with Crippen LogP contribution in [0, 0.1) is 6.92 Å². The van der Waals surface area contributed by atoms with Crippen LogP contribution < -0.4 is 5.32 Å². The Morgan fingerprint density at radius 2 is 1.90 bits per heavy atom. The monoisotopic (exact) mass is 450 g/mol. The second-order valence-electron chi connectivity index (χ2n) is 6.85. The molecule has 0 radical (unpaired) electrons. The zero-order valence-corrected chi connectivity index (χ0v) is 18.5. The smallest absolute Gasteiger partial charge is 0.338 e. The summed E-state index contributed by atoms with van der Waals surface area (Å²) in [4.78, 5) is 30.8. The summed E-state index contributed by atoms with van der Waals surface area (Å²) in [5, 5.41) is 6.20. The van der Waals surface area contributed by atoms with E-state index in [1.807, 2.05) is 30.5 Å². The molecule has 31 heavy (non-hydrogen) atoms. The van der Waals surface area contributed by atoms with Gasteiger partial charge in [-0.25, -0.2) is 9.78 Å². The molecule has 0 aliphatic carbocycles. The fraction of sp³-hybridized carbons (Fsp3) is 0.125. The van der Waals surface area contributed by atoms with E-state index in [1.165, 1.54) is 0 Å². The predicted octanol–water partition coefficient (Wildman–Crippen LogP) is 6.35. The first-order chi connectivity index (χ1) is 15.0. The quantitative estimate of drug-likeness (QED) is 0.359. The highest BCUT2D eigenvalue weighted by Gasteiger charge is 2.17. The number of thiophene rings is 1. The second kappa shape index (κ2) is 8.88. The number of nitrogens with zero attached hydrogens (tertiary/aromatic N) is 1. The first kappa shape index (κ1) is 21.0. The molecule has 0 fully saturated rings. The number of esters is 1. The molecular weight excluding hydrogens is 432 g/mol. The van der Waals surface area contributed by atoms with Crippen molar-refractivity contribution in [1.29, 1.82) is 0 Å². The number of carbonyl (C=O) groups excluding carboxylic acids is 2. The van der Waals surface area contributed by atoms with E-state index in [9.17, 15) is 9.59 Å². The molecule has 0 bridgehead atoms. The molecule has 7 heteroatoms. The zero-order valence-electron chi connectivity index (χ0n) is 16.9. The second-order valence-corrected chi connectivity index (χ2v) is 8.21. The average molecular weight is 451 g/mol. The molecule has 4 aromatic rings. The van der Waals surface area contributed by atoms with Crippen molar-refractivity contribution in [2.24, 2.45) is 0 Å². The highest BCUT2D eigenvalue weighted by atomic mass is 35.5. The first-order valence-corrected chi connectivity index (χ1v) is 11.0. The van der Waals surface area contributed by atoms with Gasteiger partial charge in [0.25, 0.3) is 5.91 Å². The number of rotatable bonds is 5. The Morgan fingerprint density at radius 3 is 2.58 bits per heavy atom. The molecule has 1 amide bonds. The number of benzene rings is 2. The molecule has 0 aliphatic heterocycles. The largest absolute Gasteiger partial charge is 0.462 e. The average Bonchev–Trinajstić information content (AvgIpc) is 3.31. The molecule has 2 aromatic carbocycles. The van der Waals surface area contributed by atoms with Crippen LogP contribution in [0.15, 0.2) is 60.0 Å². The summed E-state index contributed by atoms with van der Waals surface area (Å²) in [7, 11) is 0. The van der Waals surface area contributed by atoms with Crippen molar-refractivity contribution in [2.75, 3.05) is 11.9 Å². The van der Waals surface area contributed by atoms with Gasteiger partial charge in [0.05, 0.1) is 33.8 Å². The molecule has 1 N–H and O–H groups in total. The molecule has 0 aliphatic rings. The minimum atomic E-state index is -0.395. The maximum absolute atomic E-state index is 13.2. The van der Waals surface area contributed by atoms with Gasteiger partial charge in [-0.2, -0.15) is 0 Å². The number of nitrogens with one attached hydrogen (secondary N) is 1. The first-order valence-electron chi connectivity index (χ1n) is 9.70. The third kappa shape index (κ3) is 4.31. The molecule has 5 nitrogen and oxygen atoms in total. The number of halogens is 1. The third-order valence-corrected chi connectivity index (χ3v) is 6.14. The van der Waals surface area contributed by atoms with Crippen LogP contribution in [0.1, 0.15) is 33.2 Å². The minimum absolute atomic E-state index is 0.268. The number of fused-ring (bicyclic) bond motifs is 1. The van der Waals surface area contributed by atoms with Crippen molar-refractivity contribution in [3.05, 3.63) is 81.7 Å². The van der Waals surface area contributed by atoms with Crippen molar-refractivity contribution >= 4 is 51.4 Å². The summed E-state index contributed by atoms with van der Waals surface area (Å²) in [6.45, 7) is 3.96. The fourth-order valence-corrected chi connectivity index (χ4v) is 4.08. The van der Waals surface area contributed by atoms with Crippen LogP contribution in [0.3, 0.4) is 0 Å². The SMILES string of the molecule is CCOC(=O)c1ccc(NC(=O)c2cc(-c3cccs3)nc3c(C)c(Cl)ccc23)cc1. The van der Waals surface area contributed by atoms with E-state index in [0.29, 0.717) is 34.0 Å². The van der Waals surface area contributed by atoms with Crippen LogP contribution >= 0.6 is 22.9 Å². The lowest BCUT2D eigenvalue weighted by molar-refractivity contribution is 0.0526. The molecule has 0 saturated heterocycles. The Morgan fingerprint density at radius 1 is 1.13 bits per heavy atom. The van der Waals surface area contributed by atoms with Crippen LogP contribution in [0.4, 0.5) is 5.69 Å². The van der Waals surface area contributed by atoms with E-state index in [0.717, 1.165) is 21.5 Å². The summed E-state index contributed by atoms with van der Waals surface area (Å²) >= 11 is 7.87. The number of anilines is 1. The number of hydrogen-bond donors (Lipinski definition) is 1. The van der Waals surface area contributed by atoms with Crippen LogP contribution in [0.5, 0.6) is 0 Å². The van der Waals surface area contributed by atoms with Crippen molar-refractivity contribution < 1.29 is 14.3 Å². The standard InChI is InChI=1S/C24H19ClN2O3S/c1-3-30-24(29)15-6-8-16(9-7-15)26-23(28)18-13-20(21-5-4-12-31-21)27-22-14(2)19(25)11-10-17(18)22/h4-13H,3H2,1-2H3,(H,26,28). The number of aromatic nitrogens is 1. The maximum Gasteiger partial charge on any atom is 0.338 e. The van der Waals surface area contributed by atoms with Gasteiger partial charge in [0.15, 0.2) is 0 Å². The van der Waals surface area contributed by atoms with Crippen molar-refractivity contribution in [1.82, 2.24) is 4.98 Å². The summed E-state index contributed by atoms with van der Waals surface area (Å²) < 4.78 is 4.99. The van der Waals surface area contributed by atoms with Gasteiger partial charge < -0.3 is 10.1 Å². The molecule has 0 unspecified atom stereocenters. The highest BCUT2D eigenvalue weighted by molar-refractivity contribution is 7.13. The molecule has 156 valence electrons. The molecule has 2 heterocycles. The van der Waals surface area contributed by atoms with Crippen molar-refractivity contribution in [3.63, 3.8) is 0 Å². The molecule has 0 saturated carbocycles. The highest BCUT2D eigenvalue weighted by Crippen LogP contribution is 2.32. The molecular formula is C24H19ClN2O3S. The minimum Gasteiger partial charge on any atom is -0.462 e. The molecule has 4 rings (SSSR count). The lowest BCUT2D eigenvalue weighted by Gasteiger charge is -2.12. The van der Waals surface area contributed by atoms with Gasteiger partial charge in [-0.15, -0.1) is 11.3 Å². The third-order valence-electron chi connectivity index (χ3n) is 4.84. The van der Waals surface area contributed by atoms with Gasteiger partial charge in [-0.3, -0.25) is 4.79 Å². The summed E-state index contributed by atoms with van der Waals surface area (Å²) in [5.74, 6) is -0.663. The van der Waals surface area contributed by atoms with Gasteiger partial charge in [0.1, 0.15) is 0 Å². The Bertz CT molecular complexity index is 1270. The Balaban J connectivity index is 1.72. The summed E-state index contributed by atoms with van der Waals surface area (Å²) in [6.07, 6.45) is 0. The summed E-state index contributed by atoms with van der Waals surface area (Å²) in [6, 6.07) is 15.9. The number of hydrogen-bond acceptors (Lipinski definition) is 5. The van der Waals surface area contributed by atoms with E-state index >= 15 is 0 Å². The number of aryl methyl sites for hydroxylation is 1. The van der Waals surface area contributed by atoms with Crippen LogP contribution in [0.2, 0.25) is 5.02 Å². The van der Waals surface area contributed by atoms with Crippen molar-refractivity contribution in [2.45, 2.75) is 13.8 Å². The van der Waals surface area contributed by atoms with Gasteiger partial charge in [0.2, 0.25) is 0 Å². The number of pyridine rings is 1. The topological polar surface area (TPSA) is 68.3 Å². The van der Waals surface area contributed by atoms with Crippen LogP contribution in [-0.4, -0.2) is 23.5 Å². The zero-order chi connectivity index (χ0) is 22.0. The van der Waals surface area contributed by atoms with E-state index in [4.69, 9.17) is 21.3 Å². The Kier molecular flexibility index (Phi) is 6.02. The van der Waals surface area contributed by atoms with E-state index < -0.39 is 5.97 Å². The Labute approximate surface area is 188 Å². The molecule has 2 aromatic heterocycles. The predicted molar refractivity (Wildman–Crippen MR) is 125 cm³/mol. The van der Waals surface area contributed by atoms with E-state index in [-0.39, 0.29) is 5.91 Å². The molecule has 0 atom stereocenters. The number of carbonyl (C=O) groups is 2. The lowest BCUT2D eigenvalue weighted by Crippen LogP contribution is -2.13. The van der Waals surface area contributed by atoms with Crippen LogP contribution in [-0.2, 0) is 4.74 Å². The maximum atomic E-state index is 13.2. The Hall–Kier alpha value is -3.22. The van der Waals surface area contributed by atoms with Gasteiger partial charge in [-0.1, -0.05) is 23.7 Å². The lowest BCUT2D eigenvalue weighted by atomic mass is 10.0.